The summed E-state index contributed by atoms with van der Waals surface area (Å²) in [4.78, 5) is 12.2. The summed E-state index contributed by atoms with van der Waals surface area (Å²) in [5.41, 5.74) is 2.26. The molecule has 0 bridgehead atoms. The smallest absolute Gasteiger partial charge is 0.232 e. The first-order valence-electron chi connectivity index (χ1n) is 8.57. The van der Waals surface area contributed by atoms with E-state index >= 15 is 0 Å². The molecular formula is C19H22N2O5S. The van der Waals surface area contributed by atoms with Gasteiger partial charge in [-0.25, -0.2) is 8.42 Å². The summed E-state index contributed by atoms with van der Waals surface area (Å²) in [5, 5.41) is 2.79. The molecule has 0 aliphatic carbocycles. The topological polar surface area (TPSA) is 84.9 Å². The number of carbonyl (C=O) groups is 1. The van der Waals surface area contributed by atoms with E-state index in [1.54, 1.807) is 30.3 Å². The van der Waals surface area contributed by atoms with Crippen LogP contribution in [0.5, 0.6) is 11.5 Å². The summed E-state index contributed by atoms with van der Waals surface area (Å²) in [6.07, 6.45) is 1.77. The van der Waals surface area contributed by atoms with Gasteiger partial charge in [0.1, 0.15) is 0 Å². The highest BCUT2D eigenvalue weighted by atomic mass is 32.2. The molecule has 2 aromatic rings. The zero-order valence-electron chi connectivity index (χ0n) is 15.3. The Morgan fingerprint density at radius 3 is 2.52 bits per heavy atom. The number of benzene rings is 2. The Hall–Kier alpha value is -2.74. The number of anilines is 2. The molecule has 7 nitrogen and oxygen atoms in total. The largest absolute Gasteiger partial charge is 0.454 e. The van der Waals surface area contributed by atoms with Crippen LogP contribution in [-0.4, -0.2) is 33.9 Å². The van der Waals surface area contributed by atoms with Crippen molar-refractivity contribution >= 4 is 27.3 Å². The number of ether oxygens (including phenoxy) is 2. The van der Waals surface area contributed by atoms with Gasteiger partial charge < -0.3 is 14.8 Å². The van der Waals surface area contributed by atoms with Crippen LogP contribution in [0.1, 0.15) is 18.4 Å². The predicted octanol–water partition coefficient (Wildman–Crippen LogP) is 2.91. The van der Waals surface area contributed by atoms with E-state index in [4.69, 9.17) is 9.47 Å². The van der Waals surface area contributed by atoms with Gasteiger partial charge in [0.05, 0.1) is 11.9 Å². The number of hydrogen-bond donors (Lipinski definition) is 1. The molecule has 1 N–H and O–H groups in total. The van der Waals surface area contributed by atoms with Crippen LogP contribution in [0.4, 0.5) is 11.4 Å². The quantitative estimate of drug-likeness (QED) is 0.786. The van der Waals surface area contributed by atoms with Gasteiger partial charge in [0.25, 0.3) is 0 Å². The predicted molar refractivity (Wildman–Crippen MR) is 104 cm³/mol. The fourth-order valence-corrected chi connectivity index (χ4v) is 3.74. The van der Waals surface area contributed by atoms with Crippen molar-refractivity contribution in [2.24, 2.45) is 0 Å². The van der Waals surface area contributed by atoms with Crippen molar-refractivity contribution in [1.82, 2.24) is 0 Å². The Morgan fingerprint density at radius 2 is 1.81 bits per heavy atom. The third-order valence-electron chi connectivity index (χ3n) is 4.14. The summed E-state index contributed by atoms with van der Waals surface area (Å²) >= 11 is 0. The van der Waals surface area contributed by atoms with Crippen LogP contribution >= 0.6 is 0 Å². The van der Waals surface area contributed by atoms with Crippen LogP contribution in [0, 0.1) is 6.92 Å². The number of hydrogen-bond acceptors (Lipinski definition) is 5. The van der Waals surface area contributed by atoms with E-state index in [9.17, 15) is 13.2 Å². The van der Waals surface area contributed by atoms with Crippen LogP contribution in [0.25, 0.3) is 0 Å². The summed E-state index contributed by atoms with van der Waals surface area (Å²) in [6.45, 7) is 2.35. The number of carbonyl (C=O) groups excluding carboxylic acids is 1. The Bertz CT molecular complexity index is 926. The van der Waals surface area contributed by atoms with Crippen molar-refractivity contribution in [3.63, 3.8) is 0 Å². The Kier molecular flexibility index (Phi) is 5.55. The molecule has 0 saturated heterocycles. The number of amides is 1. The Labute approximate surface area is 158 Å². The highest BCUT2D eigenvalue weighted by Crippen LogP contribution is 2.34. The Balaban J connectivity index is 1.56. The number of rotatable bonds is 7. The van der Waals surface area contributed by atoms with E-state index in [2.05, 4.69) is 5.32 Å². The minimum atomic E-state index is -3.42. The van der Waals surface area contributed by atoms with Gasteiger partial charge in [-0.3, -0.25) is 9.10 Å². The summed E-state index contributed by atoms with van der Waals surface area (Å²) in [6, 6.07) is 12.4. The van der Waals surface area contributed by atoms with Crippen molar-refractivity contribution < 1.29 is 22.7 Å². The standard InChI is InChI=1S/C19H22N2O5S/c1-14-5-8-16(9-6-14)21(27(2,23)24)11-3-4-19(22)20-15-7-10-17-18(12-15)26-13-25-17/h5-10,12H,3-4,11,13H2,1-2H3,(H,20,22). The first-order valence-corrected chi connectivity index (χ1v) is 10.4. The lowest BCUT2D eigenvalue weighted by Crippen LogP contribution is -2.31. The van der Waals surface area contributed by atoms with E-state index in [-0.39, 0.29) is 25.7 Å². The van der Waals surface area contributed by atoms with Crippen LogP contribution in [0.15, 0.2) is 42.5 Å². The molecule has 8 heteroatoms. The maximum atomic E-state index is 12.2. The molecular weight excluding hydrogens is 368 g/mol. The zero-order chi connectivity index (χ0) is 19.4. The van der Waals surface area contributed by atoms with Crippen LogP contribution < -0.4 is 19.1 Å². The number of sulfonamides is 1. The van der Waals surface area contributed by atoms with Crippen LogP contribution in [0.2, 0.25) is 0 Å². The molecule has 0 atom stereocenters. The number of fused-ring (bicyclic) bond motifs is 1. The van der Waals surface area contributed by atoms with E-state index < -0.39 is 10.0 Å². The van der Waals surface area contributed by atoms with Gasteiger partial charge in [-0.15, -0.1) is 0 Å². The van der Waals surface area contributed by atoms with Gasteiger partial charge in [0.15, 0.2) is 11.5 Å². The molecule has 1 aliphatic heterocycles. The molecule has 3 rings (SSSR count). The van der Waals surface area contributed by atoms with Gasteiger partial charge in [-0.2, -0.15) is 0 Å². The maximum Gasteiger partial charge on any atom is 0.232 e. The second kappa shape index (κ2) is 7.87. The molecule has 0 aromatic heterocycles. The fraction of sp³-hybridized carbons (Fsp3) is 0.316. The highest BCUT2D eigenvalue weighted by molar-refractivity contribution is 7.92. The Morgan fingerprint density at radius 1 is 1.11 bits per heavy atom. The SMILES string of the molecule is Cc1ccc(N(CCCC(=O)Nc2ccc3c(c2)OCO3)S(C)(=O)=O)cc1. The molecule has 0 saturated carbocycles. The third kappa shape index (κ3) is 4.91. The fourth-order valence-electron chi connectivity index (χ4n) is 2.78. The molecule has 1 aliphatic rings. The number of aryl methyl sites for hydroxylation is 1. The molecule has 27 heavy (non-hydrogen) atoms. The number of nitrogens with one attached hydrogen (secondary N) is 1. The summed E-state index contributed by atoms with van der Waals surface area (Å²) in [5.74, 6) is 1.05. The first kappa shape index (κ1) is 19.0. The first-order chi connectivity index (χ1) is 12.8. The lowest BCUT2D eigenvalue weighted by molar-refractivity contribution is -0.116. The van der Waals surface area contributed by atoms with Crippen molar-refractivity contribution in [1.29, 1.82) is 0 Å². The highest BCUT2D eigenvalue weighted by Gasteiger charge is 2.18. The maximum absolute atomic E-state index is 12.2. The van der Waals surface area contributed by atoms with Gasteiger partial charge >= 0.3 is 0 Å². The van der Waals surface area contributed by atoms with Crippen LogP contribution in [-0.2, 0) is 14.8 Å². The molecule has 0 fully saturated rings. The molecule has 0 unspecified atom stereocenters. The van der Waals surface area contributed by atoms with E-state index in [1.807, 2.05) is 19.1 Å². The van der Waals surface area contributed by atoms with Gasteiger partial charge in [0.2, 0.25) is 22.7 Å². The number of nitrogens with zero attached hydrogens (tertiary/aromatic N) is 1. The molecule has 0 radical (unpaired) electrons. The summed E-state index contributed by atoms with van der Waals surface area (Å²) in [7, 11) is -3.42. The molecule has 144 valence electrons. The molecule has 1 amide bonds. The third-order valence-corrected chi connectivity index (χ3v) is 5.34. The van der Waals surface area contributed by atoms with E-state index in [1.165, 1.54) is 10.6 Å². The monoisotopic (exact) mass is 390 g/mol. The lowest BCUT2D eigenvalue weighted by atomic mass is 10.2. The van der Waals surface area contributed by atoms with Gasteiger partial charge in [-0.05, 0) is 37.6 Å². The summed E-state index contributed by atoms with van der Waals surface area (Å²) < 4.78 is 36.0. The average Bonchev–Trinajstić information content (AvgIpc) is 3.06. The second-order valence-electron chi connectivity index (χ2n) is 6.39. The zero-order valence-corrected chi connectivity index (χ0v) is 16.1. The second-order valence-corrected chi connectivity index (χ2v) is 8.30. The van der Waals surface area contributed by atoms with Crippen molar-refractivity contribution in [3.8, 4) is 11.5 Å². The lowest BCUT2D eigenvalue weighted by Gasteiger charge is -2.22. The van der Waals surface area contributed by atoms with Gasteiger partial charge in [-0.1, -0.05) is 17.7 Å². The minimum absolute atomic E-state index is 0.174. The van der Waals surface area contributed by atoms with Crippen LogP contribution in [0.3, 0.4) is 0 Å². The normalized spacial score (nSPS) is 12.7. The minimum Gasteiger partial charge on any atom is -0.454 e. The van der Waals surface area contributed by atoms with Crippen molar-refractivity contribution in [3.05, 3.63) is 48.0 Å². The molecule has 0 spiro atoms. The molecule has 2 aromatic carbocycles. The van der Waals surface area contributed by atoms with Crippen molar-refractivity contribution in [2.45, 2.75) is 19.8 Å². The van der Waals surface area contributed by atoms with Crippen molar-refractivity contribution in [2.75, 3.05) is 29.2 Å². The van der Waals surface area contributed by atoms with E-state index in [0.29, 0.717) is 29.3 Å². The average molecular weight is 390 g/mol. The van der Waals surface area contributed by atoms with E-state index in [0.717, 1.165) is 5.56 Å². The van der Waals surface area contributed by atoms with Gasteiger partial charge in [0, 0.05) is 24.7 Å². The molecule has 1 heterocycles.